The van der Waals surface area contributed by atoms with E-state index in [0.717, 1.165) is 24.4 Å². The van der Waals surface area contributed by atoms with E-state index in [-0.39, 0.29) is 37.6 Å². The van der Waals surface area contributed by atoms with Crippen LogP contribution in [0.25, 0.3) is 10.6 Å². The smallest absolute Gasteiger partial charge is 0.427 e. The molecule has 4 aliphatic rings. The number of carbonyl (C=O) groups excluding carboxylic acids is 4. The minimum absolute atomic E-state index is 0.00187. The Hall–Kier alpha value is -3.86. The summed E-state index contributed by atoms with van der Waals surface area (Å²) in [5, 5.41) is 2.59. The minimum Gasteiger partial charge on any atom is -0.472 e. The van der Waals surface area contributed by atoms with E-state index in [1.807, 2.05) is 24.5 Å². The third kappa shape index (κ3) is 8.82. The normalized spacial score (nSPS) is 30.2. The molecule has 0 bridgehead atoms. The number of rotatable bonds is 9. The molecule has 2 aromatic heterocycles. The summed E-state index contributed by atoms with van der Waals surface area (Å²) < 4.78 is 79.8. The van der Waals surface area contributed by atoms with Crippen molar-refractivity contribution in [2.75, 3.05) is 6.54 Å². The lowest BCUT2D eigenvalue weighted by molar-refractivity contribution is -0.257. The number of sulfonamides is 1. The Morgan fingerprint density at radius 3 is 2.46 bits per heavy atom. The molecule has 7 atom stereocenters. The van der Waals surface area contributed by atoms with Crippen molar-refractivity contribution < 1.29 is 50.2 Å². The fourth-order valence-corrected chi connectivity index (χ4v) is 9.72. The van der Waals surface area contributed by atoms with Crippen LogP contribution < -0.4 is 9.46 Å². The number of hydrogen-bond acceptors (Lipinski definition) is 11. The molecule has 1 N–H and O–H groups in total. The number of pyridine rings is 1. The first-order valence-electron chi connectivity index (χ1n) is 19.0. The molecule has 4 heterocycles. The van der Waals surface area contributed by atoms with Gasteiger partial charge in [0.25, 0.3) is 0 Å². The second kappa shape index (κ2) is 15.5. The maximum absolute atomic E-state index is 14.7. The van der Waals surface area contributed by atoms with E-state index in [9.17, 15) is 40.8 Å². The molecule has 12 nitrogen and oxygen atoms in total. The van der Waals surface area contributed by atoms with Crippen LogP contribution in [0.15, 0.2) is 42.1 Å². The van der Waals surface area contributed by atoms with Crippen molar-refractivity contribution in [2.45, 2.75) is 121 Å². The lowest BCUT2D eigenvalue weighted by atomic mass is 9.82. The van der Waals surface area contributed by atoms with Crippen LogP contribution >= 0.6 is 11.3 Å². The number of fused-ring (bicyclic) bond motifs is 2. The lowest BCUT2D eigenvalue weighted by Crippen LogP contribution is -2.48. The third-order valence-corrected chi connectivity index (χ3v) is 14.9. The largest absolute Gasteiger partial charge is 0.472 e. The molecule has 6 rings (SSSR count). The van der Waals surface area contributed by atoms with Crippen LogP contribution in [-0.4, -0.2) is 82.1 Å². The maximum atomic E-state index is 14.7. The number of allylic oxidation sites excluding steroid dienone is 2. The van der Waals surface area contributed by atoms with Gasteiger partial charge in [-0.15, -0.1) is 11.3 Å². The van der Waals surface area contributed by atoms with Crippen molar-refractivity contribution in [2.24, 2.45) is 29.1 Å². The topological polar surface area (TPSA) is 162 Å². The second-order valence-corrected chi connectivity index (χ2v) is 19.9. The van der Waals surface area contributed by atoms with Crippen molar-refractivity contribution >= 4 is 44.9 Å². The van der Waals surface area contributed by atoms with Crippen molar-refractivity contribution in [1.82, 2.24) is 19.6 Å². The zero-order valence-electron chi connectivity index (χ0n) is 32.1. The van der Waals surface area contributed by atoms with Crippen molar-refractivity contribution in [3.63, 3.8) is 0 Å². The summed E-state index contributed by atoms with van der Waals surface area (Å²) in [6, 6.07) is 2.27. The number of carbonyl (C=O) groups is 4. The highest BCUT2D eigenvalue weighted by molar-refractivity contribution is 7.91. The minimum atomic E-state index is -4.86. The van der Waals surface area contributed by atoms with Gasteiger partial charge in [0.2, 0.25) is 33.3 Å². The number of nitrogens with one attached hydrogen (secondary N) is 1. The molecule has 2 aliphatic heterocycles. The van der Waals surface area contributed by atoms with Gasteiger partial charge >= 0.3 is 12.1 Å². The van der Waals surface area contributed by atoms with Gasteiger partial charge in [0.15, 0.2) is 5.78 Å². The molecule has 1 saturated heterocycles. The molecule has 2 aliphatic carbocycles. The number of aromatic nitrogens is 2. The summed E-state index contributed by atoms with van der Waals surface area (Å²) >= 11 is 1.44. The summed E-state index contributed by atoms with van der Waals surface area (Å²) in [5.41, 5.74) is -3.40. The predicted molar refractivity (Wildman–Crippen MR) is 200 cm³/mol. The number of hydrogen-bond donors (Lipinski definition) is 1. The van der Waals surface area contributed by atoms with Crippen LogP contribution in [0.1, 0.15) is 92.4 Å². The lowest BCUT2D eigenvalue weighted by Gasteiger charge is -2.33. The van der Waals surface area contributed by atoms with Crippen LogP contribution in [0.4, 0.5) is 13.2 Å². The summed E-state index contributed by atoms with van der Waals surface area (Å²) in [4.78, 5) is 66.3. The van der Waals surface area contributed by atoms with Crippen LogP contribution in [-0.2, 0) is 33.9 Å². The fraction of sp³-hybridized carbons (Fsp3) is 0.641. The number of halogens is 3. The fourth-order valence-electron chi connectivity index (χ4n) is 7.76. The Labute approximate surface area is 329 Å². The number of esters is 1. The summed E-state index contributed by atoms with van der Waals surface area (Å²) in [7, 11) is -4.02. The average Bonchev–Trinajstić information content (AvgIpc) is 3.86. The van der Waals surface area contributed by atoms with Gasteiger partial charge in [0.1, 0.15) is 11.1 Å². The third-order valence-electron chi connectivity index (χ3n) is 11.9. The Morgan fingerprint density at radius 1 is 1.11 bits per heavy atom. The van der Waals surface area contributed by atoms with E-state index in [2.05, 4.69) is 14.7 Å². The van der Waals surface area contributed by atoms with E-state index in [4.69, 9.17) is 9.47 Å². The van der Waals surface area contributed by atoms with Crippen molar-refractivity contribution in [3.05, 3.63) is 42.1 Å². The molecule has 0 radical (unpaired) electrons. The van der Waals surface area contributed by atoms with Gasteiger partial charge in [0, 0.05) is 42.2 Å². The Balaban J connectivity index is 1.31. The zero-order chi connectivity index (χ0) is 40.8. The highest BCUT2D eigenvalue weighted by atomic mass is 32.2. The highest BCUT2D eigenvalue weighted by Crippen LogP contribution is 2.57. The molecular formula is C39H49F3N4O8S2. The average molecular weight is 823 g/mol. The Kier molecular flexibility index (Phi) is 11.5. The van der Waals surface area contributed by atoms with E-state index in [1.165, 1.54) is 16.2 Å². The van der Waals surface area contributed by atoms with Crippen molar-refractivity contribution in [3.8, 4) is 16.5 Å². The molecule has 2 saturated carbocycles. The van der Waals surface area contributed by atoms with E-state index in [0.29, 0.717) is 32.1 Å². The van der Waals surface area contributed by atoms with Gasteiger partial charge in [0.05, 0.1) is 35.1 Å². The van der Waals surface area contributed by atoms with Gasteiger partial charge in [-0.05, 0) is 83.1 Å². The van der Waals surface area contributed by atoms with Crippen LogP contribution in [0.3, 0.4) is 0 Å². The molecule has 306 valence electrons. The molecule has 2 amide bonds. The van der Waals surface area contributed by atoms with Gasteiger partial charge in [-0.1, -0.05) is 26.0 Å². The molecule has 17 heteroatoms. The van der Waals surface area contributed by atoms with Crippen LogP contribution in [0.5, 0.6) is 5.88 Å². The first-order chi connectivity index (χ1) is 26.1. The van der Waals surface area contributed by atoms with E-state index < -0.39 is 91.8 Å². The number of amides is 2. The summed E-state index contributed by atoms with van der Waals surface area (Å²) in [5.74, 6) is -4.88. The predicted octanol–water partition coefficient (Wildman–Crippen LogP) is 6.42. The van der Waals surface area contributed by atoms with Crippen LogP contribution in [0.2, 0.25) is 0 Å². The summed E-state index contributed by atoms with van der Waals surface area (Å²) in [6.07, 6.45) is 3.18. The van der Waals surface area contributed by atoms with E-state index >= 15 is 0 Å². The van der Waals surface area contributed by atoms with Gasteiger partial charge in [-0.3, -0.25) is 23.9 Å². The zero-order valence-corrected chi connectivity index (χ0v) is 33.8. The first kappa shape index (κ1) is 41.8. The maximum Gasteiger partial charge on any atom is 0.427 e. The summed E-state index contributed by atoms with van der Waals surface area (Å²) in [6.45, 7) is 6.68. The van der Waals surface area contributed by atoms with E-state index in [1.54, 1.807) is 38.4 Å². The number of thiazole rings is 1. The Morgan fingerprint density at radius 2 is 1.84 bits per heavy atom. The standard InChI is InChI=1S/C39H49F3N4O8S2/c1-23-8-6-7-9-26-19-38(26,35(50)45-56(51,52)37(5)12-13-37)20-30(47)29-17-27(53-31-11-10-25(21-44-31)33-43-14-15-55-33)22-46(29)34(49)28(24(2)16-23)18-32(48)54-36(3,4)39(40,41)42/h7,9-11,14-15,21,23-24,26-29H,6,8,12-13,16-20,22H2,1-5H3,(H,45,50)/b9-7-/t23-,24-,26-,27-,28+,29+,38-/m1/s1. The van der Waals surface area contributed by atoms with Crippen molar-refractivity contribution in [1.29, 1.82) is 0 Å². The molecule has 0 spiro atoms. The number of Topliss-reactive ketones (excluding diaryl/α,β-unsaturated/α-hetero) is 1. The highest BCUT2D eigenvalue weighted by Gasteiger charge is 2.63. The molecule has 56 heavy (non-hydrogen) atoms. The molecule has 2 aromatic rings. The number of alkyl halides is 3. The second-order valence-electron chi connectivity index (χ2n) is 16.8. The number of ether oxygens (including phenoxy) is 2. The molecule has 0 unspecified atom stereocenters. The quantitative estimate of drug-likeness (QED) is 0.221. The van der Waals surface area contributed by atoms with Gasteiger partial charge < -0.3 is 14.4 Å². The Bertz CT molecular complexity index is 1950. The monoisotopic (exact) mass is 822 g/mol. The molecule has 3 fully saturated rings. The molecule has 0 aromatic carbocycles. The molecular weight excluding hydrogens is 774 g/mol. The van der Waals surface area contributed by atoms with Gasteiger partial charge in [-0.2, -0.15) is 13.2 Å². The van der Waals surface area contributed by atoms with Crippen LogP contribution in [0, 0.1) is 29.1 Å². The SMILES string of the molecule is C[C@@H]1CC/C=C\[C@@H]2C[C@@]2(C(=O)NS(=O)(=O)C2(C)CC2)CC(=O)[C@@H]2C[C@@H](Oc3ccc(-c4nccs4)cn3)CN2C(=O)[C@@H](CC(=O)OC(C)(C)C(F)(F)F)[C@H](C)C1. The number of nitrogens with zero attached hydrogens (tertiary/aromatic N) is 3. The van der Waals surface area contributed by atoms with Gasteiger partial charge in [-0.25, -0.2) is 18.4 Å². The first-order valence-corrected chi connectivity index (χ1v) is 21.4. The number of ketones is 1.